The number of aryl methyl sites for hydroxylation is 3. The molecule has 7 nitrogen and oxygen atoms in total. The maximum absolute atomic E-state index is 12.3. The fraction of sp³-hybridized carbons (Fsp3) is 0.455. The van der Waals surface area contributed by atoms with E-state index in [0.29, 0.717) is 17.9 Å². The first-order valence-electron chi connectivity index (χ1n) is 5.90. The summed E-state index contributed by atoms with van der Waals surface area (Å²) in [5.74, 6) is 0. The van der Waals surface area contributed by atoms with E-state index in [4.69, 9.17) is 0 Å². The Labute approximate surface area is 112 Å². The van der Waals surface area contributed by atoms with Crippen LogP contribution in [0, 0.1) is 13.8 Å². The molecular weight excluding hydrogens is 266 g/mol. The Kier molecular flexibility index (Phi) is 3.36. The molecule has 0 fully saturated rings. The lowest BCUT2D eigenvalue weighted by Gasteiger charge is -2.06. The van der Waals surface area contributed by atoms with Gasteiger partial charge in [0.05, 0.1) is 23.3 Å². The standard InChI is InChI=1S/C11H17N5O2S/c1-5-16-7-11(8(2)13-16)19(17,18)14-10-6-12-15(4)9(10)3/h6-7,14H,5H2,1-4H3. The first kappa shape index (κ1) is 13.6. The van der Waals surface area contributed by atoms with Crippen LogP contribution in [0.3, 0.4) is 0 Å². The van der Waals surface area contributed by atoms with Crippen LogP contribution < -0.4 is 4.72 Å². The molecular formula is C11H17N5O2S. The average molecular weight is 283 g/mol. The van der Waals surface area contributed by atoms with Gasteiger partial charge in [-0.05, 0) is 20.8 Å². The van der Waals surface area contributed by atoms with Crippen LogP contribution in [-0.2, 0) is 23.6 Å². The maximum Gasteiger partial charge on any atom is 0.265 e. The van der Waals surface area contributed by atoms with Crippen LogP contribution in [0.1, 0.15) is 18.3 Å². The topological polar surface area (TPSA) is 81.8 Å². The predicted octanol–water partition coefficient (Wildman–Crippen LogP) is 1.05. The molecule has 19 heavy (non-hydrogen) atoms. The molecule has 0 aromatic carbocycles. The smallest absolute Gasteiger partial charge is 0.265 e. The Hall–Kier alpha value is -1.83. The van der Waals surface area contributed by atoms with E-state index in [1.165, 1.54) is 12.4 Å². The fourth-order valence-electron chi connectivity index (χ4n) is 1.72. The lowest BCUT2D eigenvalue weighted by Crippen LogP contribution is -2.14. The van der Waals surface area contributed by atoms with E-state index in [1.54, 1.807) is 30.3 Å². The van der Waals surface area contributed by atoms with Crippen LogP contribution in [-0.4, -0.2) is 28.0 Å². The van der Waals surface area contributed by atoms with Crippen molar-refractivity contribution in [2.24, 2.45) is 7.05 Å². The van der Waals surface area contributed by atoms with Gasteiger partial charge < -0.3 is 0 Å². The second-order valence-electron chi connectivity index (χ2n) is 4.31. The van der Waals surface area contributed by atoms with Gasteiger partial charge in [-0.25, -0.2) is 8.42 Å². The molecule has 0 spiro atoms. The lowest BCUT2D eigenvalue weighted by atomic mass is 10.4. The Bertz CT molecular complexity index is 699. The van der Waals surface area contributed by atoms with Gasteiger partial charge in [0.1, 0.15) is 4.90 Å². The molecule has 2 rings (SSSR count). The van der Waals surface area contributed by atoms with E-state index in [0.717, 1.165) is 5.69 Å². The molecule has 2 heterocycles. The van der Waals surface area contributed by atoms with Crippen molar-refractivity contribution < 1.29 is 8.42 Å². The minimum atomic E-state index is -3.63. The fourth-order valence-corrected chi connectivity index (χ4v) is 3.01. The number of anilines is 1. The normalized spacial score (nSPS) is 11.8. The summed E-state index contributed by atoms with van der Waals surface area (Å²) in [4.78, 5) is 0.192. The molecule has 0 aliphatic carbocycles. The second-order valence-corrected chi connectivity index (χ2v) is 5.96. The monoisotopic (exact) mass is 283 g/mol. The van der Waals surface area contributed by atoms with Crippen molar-refractivity contribution in [3.8, 4) is 0 Å². The minimum Gasteiger partial charge on any atom is -0.276 e. The highest BCUT2D eigenvalue weighted by molar-refractivity contribution is 7.92. The van der Waals surface area contributed by atoms with Gasteiger partial charge in [0.15, 0.2) is 0 Å². The number of sulfonamides is 1. The Morgan fingerprint density at radius 1 is 1.37 bits per heavy atom. The molecule has 2 aromatic rings. The van der Waals surface area contributed by atoms with Gasteiger partial charge in [0, 0.05) is 19.8 Å². The van der Waals surface area contributed by atoms with Crippen LogP contribution >= 0.6 is 0 Å². The lowest BCUT2D eigenvalue weighted by molar-refractivity contribution is 0.600. The molecule has 8 heteroatoms. The molecule has 0 saturated heterocycles. The number of aromatic nitrogens is 4. The van der Waals surface area contributed by atoms with Crippen molar-refractivity contribution in [3.05, 3.63) is 23.8 Å². The Morgan fingerprint density at radius 2 is 2.05 bits per heavy atom. The zero-order valence-corrected chi connectivity index (χ0v) is 12.2. The van der Waals surface area contributed by atoms with E-state index in [-0.39, 0.29) is 4.90 Å². The Balaban J connectivity index is 2.37. The van der Waals surface area contributed by atoms with Crippen molar-refractivity contribution in [1.29, 1.82) is 0 Å². The van der Waals surface area contributed by atoms with Gasteiger partial charge in [-0.2, -0.15) is 10.2 Å². The molecule has 0 amide bonds. The molecule has 2 aromatic heterocycles. The first-order chi connectivity index (χ1) is 8.85. The number of hydrogen-bond donors (Lipinski definition) is 1. The number of nitrogens with zero attached hydrogens (tertiary/aromatic N) is 4. The summed E-state index contributed by atoms with van der Waals surface area (Å²) in [6.07, 6.45) is 3.02. The van der Waals surface area contributed by atoms with Crippen molar-refractivity contribution in [2.45, 2.75) is 32.2 Å². The summed E-state index contributed by atoms with van der Waals surface area (Å²) >= 11 is 0. The van der Waals surface area contributed by atoms with Crippen LogP contribution in [0.4, 0.5) is 5.69 Å². The minimum absolute atomic E-state index is 0.192. The number of hydrogen-bond acceptors (Lipinski definition) is 4. The molecule has 0 saturated carbocycles. The van der Waals surface area contributed by atoms with E-state index in [2.05, 4.69) is 14.9 Å². The highest BCUT2D eigenvalue weighted by Crippen LogP contribution is 2.20. The van der Waals surface area contributed by atoms with Crippen LogP contribution in [0.2, 0.25) is 0 Å². The van der Waals surface area contributed by atoms with Gasteiger partial charge in [-0.3, -0.25) is 14.1 Å². The summed E-state index contributed by atoms with van der Waals surface area (Å²) in [5, 5.41) is 8.15. The zero-order valence-electron chi connectivity index (χ0n) is 11.4. The van der Waals surface area contributed by atoms with E-state index < -0.39 is 10.0 Å². The molecule has 0 bridgehead atoms. The molecule has 0 radical (unpaired) electrons. The average Bonchev–Trinajstić information content (AvgIpc) is 2.87. The molecule has 0 atom stereocenters. The van der Waals surface area contributed by atoms with Crippen molar-refractivity contribution >= 4 is 15.7 Å². The van der Waals surface area contributed by atoms with Gasteiger partial charge in [0.25, 0.3) is 10.0 Å². The van der Waals surface area contributed by atoms with Gasteiger partial charge in [0.2, 0.25) is 0 Å². The predicted molar refractivity (Wildman–Crippen MR) is 71.4 cm³/mol. The van der Waals surface area contributed by atoms with Gasteiger partial charge in [-0.1, -0.05) is 0 Å². The van der Waals surface area contributed by atoms with E-state index in [1.807, 2.05) is 6.92 Å². The SMILES string of the molecule is CCn1cc(S(=O)(=O)Nc2cnn(C)c2C)c(C)n1. The summed E-state index contributed by atoms with van der Waals surface area (Å²) < 4.78 is 30.4. The summed E-state index contributed by atoms with van der Waals surface area (Å²) in [5.41, 5.74) is 1.71. The van der Waals surface area contributed by atoms with Gasteiger partial charge in [-0.15, -0.1) is 0 Å². The molecule has 0 unspecified atom stereocenters. The largest absolute Gasteiger partial charge is 0.276 e. The highest BCUT2D eigenvalue weighted by Gasteiger charge is 2.21. The van der Waals surface area contributed by atoms with Crippen LogP contribution in [0.25, 0.3) is 0 Å². The third kappa shape index (κ3) is 2.48. The molecule has 1 N–H and O–H groups in total. The van der Waals surface area contributed by atoms with E-state index >= 15 is 0 Å². The molecule has 0 aliphatic heterocycles. The highest BCUT2D eigenvalue weighted by atomic mass is 32.2. The van der Waals surface area contributed by atoms with Crippen LogP contribution in [0.15, 0.2) is 17.3 Å². The zero-order chi connectivity index (χ0) is 14.2. The summed E-state index contributed by atoms with van der Waals surface area (Å²) in [6, 6.07) is 0. The second kappa shape index (κ2) is 4.69. The third-order valence-electron chi connectivity index (χ3n) is 2.99. The maximum atomic E-state index is 12.3. The number of nitrogens with one attached hydrogen (secondary N) is 1. The first-order valence-corrected chi connectivity index (χ1v) is 7.39. The van der Waals surface area contributed by atoms with Gasteiger partial charge >= 0.3 is 0 Å². The van der Waals surface area contributed by atoms with E-state index in [9.17, 15) is 8.42 Å². The van der Waals surface area contributed by atoms with Crippen molar-refractivity contribution in [2.75, 3.05) is 4.72 Å². The molecule has 104 valence electrons. The summed E-state index contributed by atoms with van der Waals surface area (Å²) in [6.45, 7) is 6.01. The summed E-state index contributed by atoms with van der Waals surface area (Å²) in [7, 11) is -1.87. The van der Waals surface area contributed by atoms with Crippen molar-refractivity contribution in [1.82, 2.24) is 19.6 Å². The number of rotatable bonds is 4. The third-order valence-corrected chi connectivity index (χ3v) is 4.46. The molecule has 0 aliphatic rings. The quantitative estimate of drug-likeness (QED) is 0.909. The van der Waals surface area contributed by atoms with Crippen molar-refractivity contribution in [3.63, 3.8) is 0 Å². The van der Waals surface area contributed by atoms with Crippen LogP contribution in [0.5, 0.6) is 0 Å². The Morgan fingerprint density at radius 3 is 2.53 bits per heavy atom.